The molecule has 0 aliphatic heterocycles. The molecule has 19 heavy (non-hydrogen) atoms. The van der Waals surface area contributed by atoms with Gasteiger partial charge in [-0.15, -0.1) is 0 Å². The topological polar surface area (TPSA) is 53.4 Å². The van der Waals surface area contributed by atoms with E-state index in [0.717, 1.165) is 5.75 Å². The van der Waals surface area contributed by atoms with Crippen molar-refractivity contribution in [1.82, 2.24) is 9.55 Å². The zero-order valence-electron chi connectivity index (χ0n) is 10.9. The van der Waals surface area contributed by atoms with Crippen LogP contribution in [0.3, 0.4) is 0 Å². The molecule has 0 N–H and O–H groups in total. The summed E-state index contributed by atoms with van der Waals surface area (Å²) in [7, 11) is 0. The van der Waals surface area contributed by atoms with Crippen LogP contribution in [-0.2, 0) is 0 Å². The normalized spacial score (nSPS) is 11.9. The molecular weight excluding hydrogens is 244 g/mol. The predicted molar refractivity (Wildman–Crippen MR) is 70.6 cm³/mol. The number of benzene rings is 1. The molecule has 0 aliphatic rings. The monoisotopic (exact) mass is 260 g/mol. The van der Waals surface area contributed by atoms with Crippen molar-refractivity contribution in [3.8, 4) is 11.5 Å². The number of carbonyl (C=O) groups is 1. The Morgan fingerprint density at radius 3 is 2.89 bits per heavy atom. The second-order valence-electron chi connectivity index (χ2n) is 3.98. The average molecular weight is 260 g/mol. The molecule has 1 heterocycles. The van der Waals surface area contributed by atoms with Gasteiger partial charge in [-0.3, -0.25) is 9.36 Å². The fourth-order valence-electron chi connectivity index (χ4n) is 1.66. The molecule has 2 rings (SSSR count). The lowest BCUT2D eigenvalue weighted by atomic mass is 10.3. The molecule has 0 aliphatic carbocycles. The van der Waals surface area contributed by atoms with Crippen molar-refractivity contribution in [3.05, 3.63) is 43.0 Å². The van der Waals surface area contributed by atoms with Crippen molar-refractivity contribution in [3.63, 3.8) is 0 Å². The zero-order chi connectivity index (χ0) is 13.7. The maximum atomic E-state index is 12.0. The molecule has 1 unspecified atom stereocenters. The number of ether oxygens (including phenoxy) is 2. The first-order chi connectivity index (χ1) is 9.20. The number of aromatic nitrogens is 2. The van der Waals surface area contributed by atoms with Gasteiger partial charge in [-0.25, -0.2) is 4.98 Å². The Hall–Kier alpha value is -2.30. The maximum Gasteiger partial charge on any atom is 0.272 e. The molecule has 1 aromatic carbocycles. The standard InChI is InChI=1S/C14H16N2O3/c1-3-18-12-5-4-6-13(9-12)19-11(2)14(17)16-8-7-15-10-16/h4-11H,3H2,1-2H3. The van der Waals surface area contributed by atoms with Crippen molar-refractivity contribution >= 4 is 5.91 Å². The smallest absolute Gasteiger partial charge is 0.272 e. The van der Waals surface area contributed by atoms with Crippen LogP contribution in [0, 0.1) is 0 Å². The average Bonchev–Trinajstić information content (AvgIpc) is 2.92. The second-order valence-corrected chi connectivity index (χ2v) is 3.98. The van der Waals surface area contributed by atoms with E-state index in [9.17, 15) is 4.79 Å². The van der Waals surface area contributed by atoms with Gasteiger partial charge in [0.25, 0.3) is 5.91 Å². The summed E-state index contributed by atoms with van der Waals surface area (Å²) in [6.45, 7) is 4.21. The summed E-state index contributed by atoms with van der Waals surface area (Å²) in [5, 5.41) is 0. The van der Waals surface area contributed by atoms with Crippen LogP contribution < -0.4 is 9.47 Å². The van der Waals surface area contributed by atoms with Crippen molar-refractivity contribution in [1.29, 1.82) is 0 Å². The Bertz CT molecular complexity index is 537. The summed E-state index contributed by atoms with van der Waals surface area (Å²) in [6, 6.07) is 7.23. The van der Waals surface area contributed by atoms with Crippen molar-refractivity contribution < 1.29 is 14.3 Å². The molecule has 0 saturated carbocycles. The van der Waals surface area contributed by atoms with Gasteiger partial charge in [-0.2, -0.15) is 0 Å². The van der Waals surface area contributed by atoms with Gasteiger partial charge >= 0.3 is 0 Å². The largest absolute Gasteiger partial charge is 0.494 e. The summed E-state index contributed by atoms with van der Waals surface area (Å²) in [4.78, 5) is 15.8. The van der Waals surface area contributed by atoms with E-state index >= 15 is 0 Å². The first kappa shape index (κ1) is 13.1. The molecule has 1 atom stereocenters. The Balaban J connectivity index is 2.04. The van der Waals surface area contributed by atoms with Gasteiger partial charge in [-0.05, 0) is 26.0 Å². The molecular formula is C14H16N2O3. The van der Waals surface area contributed by atoms with Crippen LogP contribution in [-0.4, -0.2) is 28.2 Å². The lowest BCUT2D eigenvalue weighted by Crippen LogP contribution is -2.28. The summed E-state index contributed by atoms with van der Waals surface area (Å²) < 4.78 is 12.4. The Labute approximate surface area is 111 Å². The quantitative estimate of drug-likeness (QED) is 0.828. The number of carbonyl (C=O) groups excluding carboxylic acids is 1. The molecule has 5 heteroatoms. The Kier molecular flexibility index (Phi) is 4.18. The van der Waals surface area contributed by atoms with Crippen LogP contribution >= 0.6 is 0 Å². The van der Waals surface area contributed by atoms with E-state index in [1.807, 2.05) is 19.1 Å². The van der Waals surface area contributed by atoms with Crippen LogP contribution in [0.25, 0.3) is 0 Å². The van der Waals surface area contributed by atoms with Crippen molar-refractivity contribution in [2.24, 2.45) is 0 Å². The SMILES string of the molecule is CCOc1cccc(OC(C)C(=O)n2ccnc2)c1. The number of imidazole rings is 1. The van der Waals surface area contributed by atoms with Crippen molar-refractivity contribution in [2.45, 2.75) is 20.0 Å². The van der Waals surface area contributed by atoms with E-state index in [0.29, 0.717) is 12.4 Å². The van der Waals surface area contributed by atoms with Gasteiger partial charge in [-0.1, -0.05) is 6.07 Å². The third-order valence-electron chi connectivity index (χ3n) is 2.54. The molecule has 0 saturated heterocycles. The summed E-state index contributed by atoms with van der Waals surface area (Å²) in [5.74, 6) is 1.16. The molecule has 5 nitrogen and oxygen atoms in total. The van der Waals surface area contributed by atoms with E-state index in [2.05, 4.69) is 4.98 Å². The molecule has 2 aromatic rings. The molecule has 0 bridgehead atoms. The minimum absolute atomic E-state index is 0.167. The third-order valence-corrected chi connectivity index (χ3v) is 2.54. The van der Waals surface area contributed by atoms with Crippen LogP contribution in [0.5, 0.6) is 11.5 Å². The lowest BCUT2D eigenvalue weighted by molar-refractivity contribution is 0.0727. The first-order valence-corrected chi connectivity index (χ1v) is 6.12. The predicted octanol–water partition coefficient (Wildman–Crippen LogP) is 2.39. The Morgan fingerprint density at radius 1 is 1.42 bits per heavy atom. The van der Waals surface area contributed by atoms with Gasteiger partial charge < -0.3 is 9.47 Å². The summed E-state index contributed by atoms with van der Waals surface area (Å²) in [5.41, 5.74) is 0. The fourth-order valence-corrected chi connectivity index (χ4v) is 1.66. The minimum atomic E-state index is -0.592. The summed E-state index contributed by atoms with van der Waals surface area (Å²) in [6.07, 6.45) is 4.02. The van der Waals surface area contributed by atoms with Gasteiger partial charge in [0.05, 0.1) is 6.61 Å². The number of nitrogens with zero attached hydrogens (tertiary/aromatic N) is 2. The highest BCUT2D eigenvalue weighted by atomic mass is 16.5. The summed E-state index contributed by atoms with van der Waals surface area (Å²) >= 11 is 0. The van der Waals surface area contributed by atoms with Gasteiger partial charge in [0.2, 0.25) is 0 Å². The lowest BCUT2D eigenvalue weighted by Gasteiger charge is -2.14. The van der Waals surface area contributed by atoms with E-state index in [-0.39, 0.29) is 5.91 Å². The minimum Gasteiger partial charge on any atom is -0.494 e. The maximum absolute atomic E-state index is 12.0. The van der Waals surface area contributed by atoms with Gasteiger partial charge in [0.15, 0.2) is 6.10 Å². The van der Waals surface area contributed by atoms with Crippen LogP contribution in [0.1, 0.15) is 18.6 Å². The molecule has 0 spiro atoms. The van der Waals surface area contributed by atoms with Gasteiger partial charge in [0, 0.05) is 18.5 Å². The number of hydrogen-bond acceptors (Lipinski definition) is 4. The van der Waals surface area contributed by atoms with Crippen molar-refractivity contribution in [2.75, 3.05) is 6.61 Å². The van der Waals surface area contributed by atoms with E-state index in [4.69, 9.17) is 9.47 Å². The van der Waals surface area contributed by atoms with Crippen LogP contribution in [0.15, 0.2) is 43.0 Å². The molecule has 100 valence electrons. The molecule has 0 amide bonds. The molecule has 0 radical (unpaired) electrons. The molecule has 1 aromatic heterocycles. The fraction of sp³-hybridized carbons (Fsp3) is 0.286. The Morgan fingerprint density at radius 2 is 2.21 bits per heavy atom. The van der Waals surface area contributed by atoms with Crippen LogP contribution in [0.4, 0.5) is 0 Å². The van der Waals surface area contributed by atoms with E-state index in [1.165, 1.54) is 10.9 Å². The van der Waals surface area contributed by atoms with Gasteiger partial charge in [0.1, 0.15) is 17.8 Å². The van der Waals surface area contributed by atoms with E-state index < -0.39 is 6.10 Å². The highest BCUT2D eigenvalue weighted by molar-refractivity contribution is 5.83. The second kappa shape index (κ2) is 6.04. The molecule has 0 fully saturated rings. The zero-order valence-corrected chi connectivity index (χ0v) is 10.9. The third kappa shape index (κ3) is 3.34. The highest BCUT2D eigenvalue weighted by Crippen LogP contribution is 2.20. The highest BCUT2D eigenvalue weighted by Gasteiger charge is 2.16. The van der Waals surface area contributed by atoms with Crippen LogP contribution in [0.2, 0.25) is 0 Å². The first-order valence-electron chi connectivity index (χ1n) is 6.12. The number of rotatable bonds is 5. The number of hydrogen-bond donors (Lipinski definition) is 0. The van der Waals surface area contributed by atoms with E-state index in [1.54, 1.807) is 31.5 Å².